The summed E-state index contributed by atoms with van der Waals surface area (Å²) in [6.07, 6.45) is 5.95. The van der Waals surface area contributed by atoms with Gasteiger partial charge in [-0.2, -0.15) is 0 Å². The van der Waals surface area contributed by atoms with E-state index in [2.05, 4.69) is 10.6 Å². The summed E-state index contributed by atoms with van der Waals surface area (Å²) in [5.74, 6) is 1.01. The molecule has 2 saturated heterocycles. The lowest BCUT2D eigenvalue weighted by molar-refractivity contribution is -0.123. The summed E-state index contributed by atoms with van der Waals surface area (Å²) in [6.45, 7) is 2.71. The minimum atomic E-state index is -3.10. The third-order valence-corrected chi connectivity index (χ3v) is 6.97. The largest absolute Gasteiger partial charge is 0.354 e. The van der Waals surface area contributed by atoms with Gasteiger partial charge in [0.25, 0.3) is 0 Å². The predicted octanol–water partition coefficient (Wildman–Crippen LogP) is 0.728. The molecule has 134 valence electrons. The number of rotatable bonds is 6. The Labute approximate surface area is 145 Å². The van der Waals surface area contributed by atoms with Crippen molar-refractivity contribution in [1.29, 1.82) is 0 Å². The lowest BCUT2D eigenvalue weighted by Crippen LogP contribution is -2.47. The third kappa shape index (κ3) is 5.31. The van der Waals surface area contributed by atoms with E-state index in [1.165, 1.54) is 0 Å². The Balaban J connectivity index is 0.00000192. The van der Waals surface area contributed by atoms with Crippen LogP contribution >= 0.6 is 12.4 Å². The average Bonchev–Trinajstić information content (AvgIpc) is 3.13. The molecule has 0 spiro atoms. The number of carbonyl (C=O) groups is 1. The summed E-state index contributed by atoms with van der Waals surface area (Å²) in [5, 5.41) is 6.18. The Hall–Kier alpha value is -0.370. The molecule has 23 heavy (non-hydrogen) atoms. The van der Waals surface area contributed by atoms with Gasteiger partial charge in [0.15, 0.2) is 0 Å². The number of nitrogens with zero attached hydrogens (tertiary/aromatic N) is 1. The summed E-state index contributed by atoms with van der Waals surface area (Å²) < 4.78 is 26.4. The van der Waals surface area contributed by atoms with E-state index in [9.17, 15) is 13.2 Å². The highest BCUT2D eigenvalue weighted by atomic mass is 35.5. The predicted molar refractivity (Wildman–Crippen MR) is 92.1 cm³/mol. The second-order valence-corrected chi connectivity index (χ2v) is 9.00. The Morgan fingerprint density at radius 2 is 1.91 bits per heavy atom. The van der Waals surface area contributed by atoms with Crippen LogP contribution in [0.4, 0.5) is 0 Å². The molecule has 6 nitrogen and oxygen atoms in total. The zero-order valence-corrected chi connectivity index (χ0v) is 15.1. The van der Waals surface area contributed by atoms with Crippen molar-refractivity contribution >= 4 is 28.3 Å². The second kappa shape index (κ2) is 8.14. The van der Waals surface area contributed by atoms with Gasteiger partial charge in [-0.3, -0.25) is 4.79 Å². The molecule has 2 N–H and O–H groups in total. The van der Waals surface area contributed by atoms with Gasteiger partial charge in [-0.15, -0.1) is 12.4 Å². The van der Waals surface area contributed by atoms with Crippen molar-refractivity contribution in [3.05, 3.63) is 0 Å². The fourth-order valence-electron chi connectivity index (χ4n) is 3.41. The highest BCUT2D eigenvalue weighted by Gasteiger charge is 2.34. The Morgan fingerprint density at radius 3 is 2.57 bits per heavy atom. The normalized spacial score (nSPS) is 29.0. The topological polar surface area (TPSA) is 78.5 Å². The van der Waals surface area contributed by atoms with Gasteiger partial charge in [-0.1, -0.05) is 0 Å². The molecule has 0 aromatic rings. The summed E-state index contributed by atoms with van der Waals surface area (Å²) >= 11 is 0. The maximum atomic E-state index is 12.4. The molecule has 2 atom stereocenters. The van der Waals surface area contributed by atoms with E-state index in [0.717, 1.165) is 45.1 Å². The van der Waals surface area contributed by atoms with Crippen molar-refractivity contribution in [2.45, 2.75) is 44.6 Å². The quantitative estimate of drug-likeness (QED) is 0.727. The van der Waals surface area contributed by atoms with E-state index >= 15 is 0 Å². The van der Waals surface area contributed by atoms with Crippen LogP contribution in [0.1, 0.15) is 38.5 Å². The van der Waals surface area contributed by atoms with E-state index in [0.29, 0.717) is 31.3 Å². The second-order valence-electron chi connectivity index (χ2n) is 6.98. The highest BCUT2D eigenvalue weighted by Crippen LogP contribution is 2.32. The number of nitrogens with one attached hydrogen (secondary N) is 2. The molecule has 3 aliphatic rings. The SMILES string of the molecule is Cl.O=C(NCC1CCCN(S(=O)(=O)CC2CC2)C1)C1CCCN1. The average molecular weight is 366 g/mol. The summed E-state index contributed by atoms with van der Waals surface area (Å²) in [5.41, 5.74) is 0. The van der Waals surface area contributed by atoms with E-state index in [1.807, 2.05) is 0 Å². The Morgan fingerprint density at radius 1 is 1.13 bits per heavy atom. The lowest BCUT2D eigenvalue weighted by atomic mass is 9.99. The van der Waals surface area contributed by atoms with Gasteiger partial charge < -0.3 is 10.6 Å². The Bertz CT molecular complexity index is 504. The fourth-order valence-corrected chi connectivity index (χ4v) is 5.40. The number of piperidine rings is 1. The van der Waals surface area contributed by atoms with Crippen LogP contribution in [0.5, 0.6) is 0 Å². The fraction of sp³-hybridized carbons (Fsp3) is 0.933. The van der Waals surface area contributed by atoms with Gasteiger partial charge in [-0.05, 0) is 56.9 Å². The van der Waals surface area contributed by atoms with Crippen LogP contribution in [0, 0.1) is 11.8 Å². The standard InChI is InChI=1S/C15H27N3O3S.ClH/c19-15(14-4-1-7-16-14)17-9-13-3-2-8-18(10-13)22(20,21)11-12-5-6-12;/h12-14,16H,1-11H2,(H,17,19);1H. The van der Waals surface area contributed by atoms with E-state index < -0.39 is 10.0 Å². The van der Waals surface area contributed by atoms with Gasteiger partial charge in [-0.25, -0.2) is 12.7 Å². The van der Waals surface area contributed by atoms with Crippen molar-refractivity contribution in [3.63, 3.8) is 0 Å². The monoisotopic (exact) mass is 365 g/mol. The van der Waals surface area contributed by atoms with Crippen LogP contribution in [0.25, 0.3) is 0 Å². The number of hydrogen-bond acceptors (Lipinski definition) is 4. The van der Waals surface area contributed by atoms with Gasteiger partial charge in [0.2, 0.25) is 15.9 Å². The molecule has 1 saturated carbocycles. The zero-order chi connectivity index (χ0) is 15.6. The molecule has 3 rings (SSSR count). The molecule has 1 aliphatic carbocycles. The lowest BCUT2D eigenvalue weighted by Gasteiger charge is -2.32. The first kappa shape index (κ1) is 19.0. The third-order valence-electron chi connectivity index (χ3n) is 4.96. The van der Waals surface area contributed by atoms with E-state index in [1.54, 1.807) is 4.31 Å². The van der Waals surface area contributed by atoms with Crippen molar-refractivity contribution < 1.29 is 13.2 Å². The van der Waals surface area contributed by atoms with Crippen LogP contribution in [0.15, 0.2) is 0 Å². The van der Waals surface area contributed by atoms with Crippen molar-refractivity contribution in [2.75, 3.05) is 31.9 Å². The molecule has 8 heteroatoms. The smallest absolute Gasteiger partial charge is 0.237 e. The summed E-state index contributed by atoms with van der Waals surface area (Å²) in [4.78, 5) is 12.0. The minimum absolute atomic E-state index is 0. The first-order valence-electron chi connectivity index (χ1n) is 8.53. The maximum absolute atomic E-state index is 12.4. The van der Waals surface area contributed by atoms with Gasteiger partial charge in [0.1, 0.15) is 0 Å². The number of hydrogen-bond donors (Lipinski definition) is 2. The molecule has 0 aromatic heterocycles. The molecule has 0 radical (unpaired) electrons. The zero-order valence-electron chi connectivity index (χ0n) is 13.5. The molecule has 3 fully saturated rings. The number of sulfonamides is 1. The van der Waals surface area contributed by atoms with Crippen molar-refractivity contribution in [1.82, 2.24) is 14.9 Å². The molecule has 2 unspecified atom stereocenters. The maximum Gasteiger partial charge on any atom is 0.237 e. The van der Waals surface area contributed by atoms with Gasteiger partial charge in [0, 0.05) is 19.6 Å². The van der Waals surface area contributed by atoms with Crippen LogP contribution < -0.4 is 10.6 Å². The molecular formula is C15H28ClN3O3S. The first-order valence-corrected chi connectivity index (χ1v) is 10.1. The Kier molecular flexibility index (Phi) is 6.71. The van der Waals surface area contributed by atoms with E-state index in [4.69, 9.17) is 0 Å². The molecule has 1 amide bonds. The van der Waals surface area contributed by atoms with Crippen LogP contribution in [-0.4, -0.2) is 56.6 Å². The van der Waals surface area contributed by atoms with Crippen LogP contribution in [0.2, 0.25) is 0 Å². The minimum Gasteiger partial charge on any atom is -0.354 e. The van der Waals surface area contributed by atoms with Gasteiger partial charge in [0.05, 0.1) is 11.8 Å². The molecular weight excluding hydrogens is 338 g/mol. The first-order chi connectivity index (χ1) is 10.5. The summed E-state index contributed by atoms with van der Waals surface area (Å²) in [7, 11) is -3.10. The molecule has 2 aliphatic heterocycles. The summed E-state index contributed by atoms with van der Waals surface area (Å²) in [6, 6.07) is -0.0571. The number of carbonyl (C=O) groups excluding carboxylic acids is 1. The highest BCUT2D eigenvalue weighted by molar-refractivity contribution is 7.89. The van der Waals surface area contributed by atoms with Crippen molar-refractivity contribution in [3.8, 4) is 0 Å². The van der Waals surface area contributed by atoms with Crippen LogP contribution in [-0.2, 0) is 14.8 Å². The van der Waals surface area contributed by atoms with Crippen molar-refractivity contribution in [2.24, 2.45) is 11.8 Å². The molecule has 0 bridgehead atoms. The van der Waals surface area contributed by atoms with Crippen LogP contribution in [0.3, 0.4) is 0 Å². The van der Waals surface area contributed by atoms with E-state index in [-0.39, 0.29) is 30.3 Å². The number of amides is 1. The number of halogens is 1. The molecule has 2 heterocycles. The van der Waals surface area contributed by atoms with Gasteiger partial charge >= 0.3 is 0 Å². The molecule has 0 aromatic carbocycles.